The summed E-state index contributed by atoms with van der Waals surface area (Å²) in [6.45, 7) is 4.31. The lowest BCUT2D eigenvalue weighted by Gasteiger charge is -2.32. The van der Waals surface area contributed by atoms with E-state index in [-0.39, 0.29) is 0 Å². The summed E-state index contributed by atoms with van der Waals surface area (Å²) in [4.78, 5) is 4.28. The summed E-state index contributed by atoms with van der Waals surface area (Å²) >= 11 is 0. The summed E-state index contributed by atoms with van der Waals surface area (Å²) in [6.07, 6.45) is 8.39. The molecule has 2 atom stereocenters. The molecule has 1 aromatic heterocycles. The first-order valence-corrected chi connectivity index (χ1v) is 7.01. The normalized spacial score (nSPS) is 23.7. The predicted molar refractivity (Wildman–Crippen MR) is 75.2 cm³/mol. The molecular formula is C15H24N2O. The number of methoxy groups -OCH3 is 1. The van der Waals surface area contributed by atoms with Gasteiger partial charge in [-0.2, -0.15) is 0 Å². The van der Waals surface area contributed by atoms with Crippen molar-refractivity contribution in [2.75, 3.05) is 12.4 Å². The Balaban J connectivity index is 2.14. The van der Waals surface area contributed by atoms with Gasteiger partial charge >= 0.3 is 0 Å². The molecule has 1 aliphatic carbocycles. The molecule has 1 N–H and O–H groups in total. The smallest absolute Gasteiger partial charge is 0.160 e. The summed E-state index contributed by atoms with van der Waals surface area (Å²) in [5, 5.41) is 3.68. The molecule has 1 heterocycles. The summed E-state index contributed by atoms with van der Waals surface area (Å²) in [7, 11) is 1.70. The molecule has 1 aromatic rings. The van der Waals surface area contributed by atoms with Crippen molar-refractivity contribution in [2.24, 2.45) is 5.92 Å². The van der Waals surface area contributed by atoms with Crippen LogP contribution in [0.25, 0.3) is 0 Å². The van der Waals surface area contributed by atoms with Gasteiger partial charge in [0, 0.05) is 11.7 Å². The van der Waals surface area contributed by atoms with E-state index in [9.17, 15) is 0 Å². The highest BCUT2D eigenvalue weighted by molar-refractivity contribution is 5.56. The topological polar surface area (TPSA) is 34.2 Å². The van der Waals surface area contributed by atoms with Gasteiger partial charge in [0.15, 0.2) is 5.75 Å². The molecule has 0 aromatic carbocycles. The Morgan fingerprint density at radius 2 is 2.17 bits per heavy atom. The number of hydrogen-bond donors (Lipinski definition) is 1. The van der Waals surface area contributed by atoms with Gasteiger partial charge in [-0.1, -0.05) is 26.2 Å². The number of aryl methyl sites for hydroxylation is 1. The number of pyridine rings is 1. The number of rotatable bonds is 4. The van der Waals surface area contributed by atoms with Gasteiger partial charge in [-0.25, -0.2) is 0 Å². The van der Waals surface area contributed by atoms with Gasteiger partial charge in [-0.15, -0.1) is 0 Å². The van der Waals surface area contributed by atoms with Gasteiger partial charge < -0.3 is 10.1 Å². The molecule has 0 saturated heterocycles. The Labute approximate surface area is 110 Å². The van der Waals surface area contributed by atoms with Crippen LogP contribution in [0.3, 0.4) is 0 Å². The molecule has 0 spiro atoms. The third-order valence-corrected chi connectivity index (χ3v) is 4.00. The molecular weight excluding hydrogens is 224 g/mol. The molecule has 0 bridgehead atoms. The molecule has 3 nitrogen and oxygen atoms in total. The van der Waals surface area contributed by atoms with E-state index in [4.69, 9.17) is 4.74 Å². The van der Waals surface area contributed by atoms with Crippen LogP contribution in [-0.2, 0) is 0 Å². The summed E-state index contributed by atoms with van der Waals surface area (Å²) < 4.78 is 5.39. The Morgan fingerprint density at radius 1 is 1.39 bits per heavy atom. The van der Waals surface area contributed by atoms with E-state index >= 15 is 0 Å². The Kier molecular flexibility index (Phi) is 4.45. The van der Waals surface area contributed by atoms with Crippen molar-refractivity contribution in [1.82, 2.24) is 4.98 Å². The van der Waals surface area contributed by atoms with Crippen LogP contribution >= 0.6 is 0 Å². The maximum absolute atomic E-state index is 5.39. The van der Waals surface area contributed by atoms with E-state index < -0.39 is 0 Å². The van der Waals surface area contributed by atoms with Crippen molar-refractivity contribution in [3.8, 4) is 5.75 Å². The van der Waals surface area contributed by atoms with Crippen LogP contribution < -0.4 is 10.1 Å². The quantitative estimate of drug-likeness (QED) is 0.880. The second-order valence-electron chi connectivity index (χ2n) is 5.23. The SMILES string of the molecule is CCC1CCCCC1Nc1cc(C)ncc1OC. The first-order chi connectivity index (χ1) is 8.74. The number of nitrogens with one attached hydrogen (secondary N) is 1. The Morgan fingerprint density at radius 3 is 2.89 bits per heavy atom. The third-order valence-electron chi connectivity index (χ3n) is 4.00. The summed E-state index contributed by atoms with van der Waals surface area (Å²) in [5.41, 5.74) is 2.12. The van der Waals surface area contributed by atoms with Gasteiger partial charge in [-0.3, -0.25) is 4.98 Å². The second kappa shape index (κ2) is 6.07. The lowest BCUT2D eigenvalue weighted by Crippen LogP contribution is -2.32. The fourth-order valence-corrected chi connectivity index (χ4v) is 2.91. The number of hydrogen-bond acceptors (Lipinski definition) is 3. The monoisotopic (exact) mass is 248 g/mol. The van der Waals surface area contributed by atoms with Crippen molar-refractivity contribution in [1.29, 1.82) is 0 Å². The zero-order chi connectivity index (χ0) is 13.0. The van der Waals surface area contributed by atoms with Crippen molar-refractivity contribution < 1.29 is 4.74 Å². The highest BCUT2D eigenvalue weighted by Crippen LogP contribution is 2.32. The largest absolute Gasteiger partial charge is 0.493 e. The lowest BCUT2D eigenvalue weighted by molar-refractivity contribution is 0.316. The fraction of sp³-hybridized carbons (Fsp3) is 0.667. The Hall–Kier alpha value is -1.25. The average Bonchev–Trinajstić information content (AvgIpc) is 2.40. The fourth-order valence-electron chi connectivity index (χ4n) is 2.91. The van der Waals surface area contributed by atoms with Crippen molar-refractivity contribution >= 4 is 5.69 Å². The lowest BCUT2D eigenvalue weighted by atomic mass is 9.83. The summed E-state index contributed by atoms with van der Waals surface area (Å²) in [5.74, 6) is 1.64. The maximum atomic E-state index is 5.39. The first kappa shape index (κ1) is 13.2. The zero-order valence-corrected chi connectivity index (χ0v) is 11.7. The van der Waals surface area contributed by atoms with E-state index in [0.717, 1.165) is 23.0 Å². The molecule has 1 saturated carbocycles. The molecule has 3 heteroatoms. The highest BCUT2D eigenvalue weighted by Gasteiger charge is 2.24. The minimum Gasteiger partial charge on any atom is -0.493 e. The minimum absolute atomic E-state index is 0.583. The van der Waals surface area contributed by atoms with Crippen molar-refractivity contribution in [3.63, 3.8) is 0 Å². The van der Waals surface area contributed by atoms with E-state index in [0.29, 0.717) is 6.04 Å². The molecule has 18 heavy (non-hydrogen) atoms. The maximum Gasteiger partial charge on any atom is 0.160 e. The number of anilines is 1. The highest BCUT2D eigenvalue weighted by atomic mass is 16.5. The van der Waals surface area contributed by atoms with Crippen molar-refractivity contribution in [2.45, 2.75) is 52.0 Å². The van der Waals surface area contributed by atoms with Crippen LogP contribution in [0.2, 0.25) is 0 Å². The van der Waals surface area contributed by atoms with E-state index in [1.54, 1.807) is 13.3 Å². The zero-order valence-electron chi connectivity index (χ0n) is 11.7. The number of nitrogens with zero attached hydrogens (tertiary/aromatic N) is 1. The molecule has 0 radical (unpaired) electrons. The van der Waals surface area contributed by atoms with Crippen LogP contribution in [0.4, 0.5) is 5.69 Å². The molecule has 0 aliphatic heterocycles. The van der Waals surface area contributed by atoms with E-state index in [2.05, 4.69) is 23.3 Å². The van der Waals surface area contributed by atoms with Gasteiger partial charge in [0.1, 0.15) is 0 Å². The van der Waals surface area contributed by atoms with Gasteiger partial charge in [0.05, 0.1) is 19.0 Å². The minimum atomic E-state index is 0.583. The number of ether oxygens (including phenoxy) is 1. The second-order valence-corrected chi connectivity index (χ2v) is 5.23. The molecule has 2 unspecified atom stereocenters. The van der Waals surface area contributed by atoms with Gasteiger partial charge in [-0.05, 0) is 31.7 Å². The van der Waals surface area contributed by atoms with Crippen LogP contribution in [0, 0.1) is 12.8 Å². The Bertz CT molecular complexity index is 392. The van der Waals surface area contributed by atoms with E-state index in [1.807, 2.05) is 6.92 Å². The molecule has 100 valence electrons. The third kappa shape index (κ3) is 2.95. The predicted octanol–water partition coefficient (Wildman–Crippen LogP) is 3.78. The van der Waals surface area contributed by atoms with Crippen LogP contribution in [0.5, 0.6) is 5.75 Å². The molecule has 1 fully saturated rings. The molecule has 2 rings (SSSR count). The van der Waals surface area contributed by atoms with Crippen LogP contribution in [-0.4, -0.2) is 18.1 Å². The number of aromatic nitrogens is 1. The molecule has 1 aliphatic rings. The van der Waals surface area contributed by atoms with Crippen LogP contribution in [0.15, 0.2) is 12.3 Å². The first-order valence-electron chi connectivity index (χ1n) is 7.01. The summed E-state index contributed by atoms with van der Waals surface area (Å²) in [6, 6.07) is 2.67. The standard InChI is InChI=1S/C15H24N2O/c1-4-12-7-5-6-8-13(12)17-14-9-11(2)16-10-15(14)18-3/h9-10,12-13H,4-8H2,1-3H3,(H,16,17). The van der Waals surface area contributed by atoms with Crippen LogP contribution in [0.1, 0.15) is 44.7 Å². The van der Waals surface area contributed by atoms with E-state index in [1.165, 1.54) is 32.1 Å². The molecule has 0 amide bonds. The van der Waals surface area contributed by atoms with Crippen molar-refractivity contribution in [3.05, 3.63) is 18.0 Å². The van der Waals surface area contributed by atoms with Gasteiger partial charge in [0.2, 0.25) is 0 Å². The average molecular weight is 248 g/mol. The van der Waals surface area contributed by atoms with Gasteiger partial charge in [0.25, 0.3) is 0 Å².